The number of hydrogen-bond acceptors (Lipinski definition) is 5. The first-order chi connectivity index (χ1) is 13.2. The van der Waals surface area contributed by atoms with Crippen LogP contribution in [0, 0.1) is 23.0 Å². The van der Waals surface area contributed by atoms with E-state index in [4.69, 9.17) is 0 Å². The number of thiol groups is 1. The van der Waals surface area contributed by atoms with Gasteiger partial charge in [-0.3, -0.25) is 19.2 Å². The van der Waals surface area contributed by atoms with Crippen molar-refractivity contribution in [3.63, 3.8) is 0 Å². The van der Waals surface area contributed by atoms with E-state index in [1.165, 1.54) is 18.2 Å². The molecule has 0 aliphatic carbocycles. The lowest BCUT2D eigenvalue weighted by Crippen LogP contribution is -2.47. The number of carbonyl (C=O) groups excluding carboxylic acids is 2. The van der Waals surface area contributed by atoms with Crippen LogP contribution in [0.4, 0.5) is 21.9 Å². The maximum absolute atomic E-state index is 12.8. The van der Waals surface area contributed by atoms with Gasteiger partial charge in [-0.25, -0.2) is 4.79 Å². The van der Waals surface area contributed by atoms with Crippen molar-refractivity contribution in [2.24, 2.45) is 5.92 Å². The maximum atomic E-state index is 12.8. The molecule has 3 amide bonds. The zero-order valence-electron chi connectivity index (χ0n) is 15.7. The zero-order valence-corrected chi connectivity index (χ0v) is 16.6. The van der Waals surface area contributed by atoms with Crippen LogP contribution < -0.4 is 10.6 Å². The Morgan fingerprint density at radius 1 is 1.04 bits per heavy atom. The average Bonchev–Trinajstić information content (AvgIpc) is 2.63. The number of nitro benzene ring substituents is 1. The second-order valence-corrected chi connectivity index (χ2v) is 6.97. The number of urea groups is 1. The summed E-state index contributed by atoms with van der Waals surface area (Å²) in [5.74, 6) is -0.657. The maximum Gasteiger partial charge on any atom is 0.332 e. The number of benzene rings is 2. The van der Waals surface area contributed by atoms with E-state index >= 15 is 0 Å². The van der Waals surface area contributed by atoms with Crippen LogP contribution in [-0.2, 0) is 4.79 Å². The molecule has 1 atom stereocenters. The average molecular weight is 402 g/mol. The van der Waals surface area contributed by atoms with E-state index in [0.717, 1.165) is 9.87 Å². The number of anilines is 2. The molecule has 2 aromatic rings. The number of nitro groups is 1. The largest absolute Gasteiger partial charge is 0.332 e. The molecule has 0 saturated heterocycles. The van der Waals surface area contributed by atoms with Gasteiger partial charge in [-0.1, -0.05) is 57.0 Å². The fourth-order valence-corrected chi connectivity index (χ4v) is 3.07. The highest BCUT2D eigenvalue weighted by atomic mass is 32.1. The van der Waals surface area contributed by atoms with E-state index in [1.807, 2.05) is 19.1 Å². The van der Waals surface area contributed by atoms with Gasteiger partial charge in [0.05, 0.1) is 4.92 Å². The Morgan fingerprint density at radius 2 is 1.61 bits per heavy atom. The molecule has 0 bridgehead atoms. The number of hydrogen-bond donors (Lipinski definition) is 3. The number of nitrogens with one attached hydrogen (secondary N) is 2. The Labute approximate surface area is 168 Å². The van der Waals surface area contributed by atoms with E-state index in [9.17, 15) is 19.7 Å². The van der Waals surface area contributed by atoms with E-state index in [-0.39, 0.29) is 17.3 Å². The molecule has 0 aliphatic rings. The van der Waals surface area contributed by atoms with Gasteiger partial charge in [-0.15, -0.1) is 0 Å². The van der Waals surface area contributed by atoms with Gasteiger partial charge in [0.2, 0.25) is 5.91 Å². The molecule has 0 radical (unpaired) electrons. The van der Waals surface area contributed by atoms with Gasteiger partial charge in [-0.2, -0.15) is 0 Å². The van der Waals surface area contributed by atoms with Gasteiger partial charge in [0, 0.05) is 11.8 Å². The standard InChI is InChI=1S/C19H22N4O4S/c1-12(2)17(18(24)20-14-9-5-4-8-13(14)3)22(28)19(25)21-15-10-6-7-11-16(15)23(26)27/h4-12,17,28H,1-3H3,(H,20,24)(H,21,25)/t17-/m1/s1. The van der Waals surface area contributed by atoms with Crippen LogP contribution in [0.3, 0.4) is 0 Å². The van der Waals surface area contributed by atoms with Gasteiger partial charge in [-0.05, 0) is 30.5 Å². The quantitative estimate of drug-likeness (QED) is 0.382. The minimum absolute atomic E-state index is 0.0263. The predicted molar refractivity (Wildman–Crippen MR) is 111 cm³/mol. The molecule has 0 saturated carbocycles. The first kappa shape index (κ1) is 21.2. The molecule has 28 heavy (non-hydrogen) atoms. The second kappa shape index (κ2) is 9.23. The minimum Gasteiger partial charge on any atom is -0.324 e. The van der Waals surface area contributed by atoms with Crippen molar-refractivity contribution < 1.29 is 14.5 Å². The lowest BCUT2D eigenvalue weighted by Gasteiger charge is -2.29. The predicted octanol–water partition coefficient (Wildman–Crippen LogP) is 4.25. The summed E-state index contributed by atoms with van der Waals surface area (Å²) in [5, 5.41) is 16.4. The molecule has 2 aromatic carbocycles. The SMILES string of the molecule is Cc1ccccc1NC(=O)[C@@H](C(C)C)N(S)C(=O)Nc1ccccc1[N+](=O)[O-]. The molecule has 0 heterocycles. The minimum atomic E-state index is -0.897. The van der Waals surface area contributed by atoms with Gasteiger partial charge in [0.25, 0.3) is 5.69 Å². The fraction of sp³-hybridized carbons (Fsp3) is 0.263. The molecule has 2 rings (SSSR count). The number of nitrogens with zero attached hydrogens (tertiary/aromatic N) is 2. The van der Waals surface area contributed by atoms with E-state index in [1.54, 1.807) is 32.0 Å². The molecular formula is C19H22N4O4S. The molecule has 0 unspecified atom stereocenters. The number of carbonyl (C=O) groups is 2. The van der Waals surface area contributed by atoms with Crippen LogP contribution in [0.1, 0.15) is 19.4 Å². The second-order valence-electron chi connectivity index (χ2n) is 6.54. The number of aryl methyl sites for hydroxylation is 1. The molecule has 0 aliphatic heterocycles. The highest BCUT2D eigenvalue weighted by Gasteiger charge is 2.32. The third kappa shape index (κ3) is 5.01. The van der Waals surface area contributed by atoms with Crippen molar-refractivity contribution in [1.82, 2.24) is 4.31 Å². The third-order valence-electron chi connectivity index (χ3n) is 4.12. The Bertz CT molecular complexity index is 888. The Balaban J connectivity index is 2.19. The third-order valence-corrected chi connectivity index (χ3v) is 4.55. The molecule has 8 nitrogen and oxygen atoms in total. The van der Waals surface area contributed by atoms with Crippen LogP contribution in [-0.4, -0.2) is 27.2 Å². The van der Waals surface area contributed by atoms with Crippen molar-refractivity contribution in [3.05, 3.63) is 64.2 Å². The van der Waals surface area contributed by atoms with Crippen LogP contribution in [0.2, 0.25) is 0 Å². The Hall–Kier alpha value is -3.07. The highest BCUT2D eigenvalue weighted by Crippen LogP contribution is 2.25. The molecule has 9 heteroatoms. The molecule has 148 valence electrons. The van der Waals surface area contributed by atoms with Crippen LogP contribution in [0.5, 0.6) is 0 Å². The fourth-order valence-electron chi connectivity index (χ4n) is 2.65. The summed E-state index contributed by atoms with van der Waals surface area (Å²) in [4.78, 5) is 35.9. The summed E-state index contributed by atoms with van der Waals surface area (Å²) in [5.41, 5.74) is 1.30. The van der Waals surface area contributed by atoms with E-state index in [0.29, 0.717) is 5.69 Å². The van der Waals surface area contributed by atoms with Crippen LogP contribution in [0.15, 0.2) is 48.5 Å². The van der Waals surface area contributed by atoms with Crippen LogP contribution in [0.25, 0.3) is 0 Å². The summed E-state index contributed by atoms with van der Waals surface area (Å²) < 4.78 is 0.953. The van der Waals surface area contributed by atoms with Gasteiger partial charge in [0.1, 0.15) is 11.7 Å². The summed E-state index contributed by atoms with van der Waals surface area (Å²) in [6.07, 6.45) is 0. The van der Waals surface area contributed by atoms with Gasteiger partial charge >= 0.3 is 6.03 Å². The Morgan fingerprint density at radius 3 is 2.18 bits per heavy atom. The van der Waals surface area contributed by atoms with Crippen molar-refractivity contribution in [1.29, 1.82) is 0 Å². The monoisotopic (exact) mass is 402 g/mol. The molecular weight excluding hydrogens is 380 g/mol. The van der Waals surface area contributed by atoms with Crippen LogP contribution >= 0.6 is 12.8 Å². The molecule has 0 aromatic heterocycles. The molecule has 0 fully saturated rings. The van der Waals surface area contributed by atoms with Gasteiger partial charge < -0.3 is 10.6 Å². The normalized spacial score (nSPS) is 11.6. The first-order valence-corrected chi connectivity index (χ1v) is 9.01. The number of rotatable bonds is 6. The van der Waals surface area contributed by atoms with Crippen molar-refractivity contribution in [2.75, 3.05) is 10.6 Å². The van der Waals surface area contributed by atoms with Crippen molar-refractivity contribution in [2.45, 2.75) is 26.8 Å². The highest BCUT2D eigenvalue weighted by molar-refractivity contribution is 7.78. The van der Waals surface area contributed by atoms with Crippen molar-refractivity contribution in [3.8, 4) is 0 Å². The lowest BCUT2D eigenvalue weighted by molar-refractivity contribution is -0.383. The van der Waals surface area contributed by atoms with E-state index < -0.39 is 22.9 Å². The lowest BCUT2D eigenvalue weighted by atomic mass is 10.0. The molecule has 0 spiro atoms. The summed E-state index contributed by atoms with van der Waals surface area (Å²) in [6, 6.07) is 11.4. The summed E-state index contributed by atoms with van der Waals surface area (Å²) >= 11 is 4.20. The number of para-hydroxylation sites is 3. The first-order valence-electron chi connectivity index (χ1n) is 8.61. The van der Waals surface area contributed by atoms with Gasteiger partial charge in [0.15, 0.2) is 0 Å². The number of amides is 3. The smallest absolute Gasteiger partial charge is 0.324 e. The van der Waals surface area contributed by atoms with E-state index in [2.05, 4.69) is 23.4 Å². The van der Waals surface area contributed by atoms with Crippen molar-refractivity contribution >= 4 is 41.8 Å². The topological polar surface area (TPSA) is 105 Å². The summed E-state index contributed by atoms with van der Waals surface area (Å²) in [6.45, 7) is 5.42. The Kier molecular flexibility index (Phi) is 7.00. The molecule has 2 N–H and O–H groups in total. The summed E-state index contributed by atoms with van der Waals surface area (Å²) in [7, 11) is 0. The zero-order chi connectivity index (χ0) is 20.8.